The molecule has 0 atom stereocenters. The summed E-state index contributed by atoms with van der Waals surface area (Å²) in [5.74, 6) is 0. The van der Waals surface area contributed by atoms with Crippen LogP contribution >= 0.6 is 0 Å². The molecule has 0 unspecified atom stereocenters. The molecule has 2 aromatic rings. The first-order valence-corrected chi connectivity index (χ1v) is 7.07. The van der Waals surface area contributed by atoms with Gasteiger partial charge in [0.15, 0.2) is 5.58 Å². The molecule has 0 saturated carbocycles. The molecule has 1 aliphatic rings. The molecule has 0 amide bonds. The van der Waals surface area contributed by atoms with E-state index in [0.29, 0.717) is 11.1 Å². The highest BCUT2D eigenvalue weighted by atomic mass is 16.4. The Balaban J connectivity index is 1.92. The van der Waals surface area contributed by atoms with Crippen LogP contribution in [0.25, 0.3) is 11.1 Å². The molecule has 0 bridgehead atoms. The number of oxazole rings is 1. The number of anilines is 2. The van der Waals surface area contributed by atoms with Crippen LogP contribution in [0.2, 0.25) is 0 Å². The van der Waals surface area contributed by atoms with Crippen LogP contribution in [0.5, 0.6) is 0 Å². The number of nitrogens with two attached hydrogens (primary N) is 1. The molecule has 19 heavy (non-hydrogen) atoms. The van der Waals surface area contributed by atoms with Gasteiger partial charge >= 0.3 is 0 Å². The van der Waals surface area contributed by atoms with Gasteiger partial charge in [-0.15, -0.1) is 0 Å². The van der Waals surface area contributed by atoms with Crippen molar-refractivity contribution in [1.29, 1.82) is 0 Å². The van der Waals surface area contributed by atoms with Gasteiger partial charge in [0.05, 0.1) is 5.69 Å². The van der Waals surface area contributed by atoms with Gasteiger partial charge in [0.1, 0.15) is 5.52 Å². The minimum Gasteiger partial charge on any atom is -0.423 e. The van der Waals surface area contributed by atoms with Crippen molar-refractivity contribution in [1.82, 2.24) is 4.98 Å². The molecule has 4 nitrogen and oxygen atoms in total. The summed E-state index contributed by atoms with van der Waals surface area (Å²) in [7, 11) is 0. The molecule has 102 valence electrons. The number of benzene rings is 1. The van der Waals surface area contributed by atoms with Gasteiger partial charge in [0.2, 0.25) is 0 Å². The number of rotatable bonds is 3. The zero-order valence-corrected chi connectivity index (χ0v) is 11.6. The highest BCUT2D eigenvalue weighted by molar-refractivity contribution is 5.86. The first-order valence-electron chi connectivity index (χ1n) is 7.07. The van der Waals surface area contributed by atoms with Gasteiger partial charge in [-0.3, -0.25) is 0 Å². The molecule has 0 spiro atoms. The molecule has 0 aliphatic carbocycles. The van der Waals surface area contributed by atoms with E-state index in [2.05, 4.69) is 23.7 Å². The highest BCUT2D eigenvalue weighted by Crippen LogP contribution is 2.39. The van der Waals surface area contributed by atoms with E-state index in [1.165, 1.54) is 19.3 Å². The van der Waals surface area contributed by atoms with Crippen LogP contribution in [0.4, 0.5) is 11.7 Å². The van der Waals surface area contributed by atoms with Crippen molar-refractivity contribution in [2.24, 2.45) is 5.41 Å². The lowest BCUT2D eigenvalue weighted by molar-refractivity contribution is 0.300. The minimum atomic E-state index is 0.423. The maximum atomic E-state index is 5.93. The molecule has 2 heterocycles. The second-order valence-corrected chi connectivity index (χ2v) is 5.57. The molecule has 4 heteroatoms. The Morgan fingerprint density at radius 3 is 2.79 bits per heavy atom. The van der Waals surface area contributed by atoms with Gasteiger partial charge < -0.3 is 15.1 Å². The largest absolute Gasteiger partial charge is 0.423 e. The number of para-hydroxylation sites is 1. The molecular weight excluding hydrogens is 238 g/mol. The SMILES string of the molecule is CCC1(CC)CCN(c2nc3c(N)cccc3o2)C1. The lowest BCUT2D eigenvalue weighted by Crippen LogP contribution is -2.26. The van der Waals surface area contributed by atoms with Crippen molar-refractivity contribution < 1.29 is 4.42 Å². The zero-order valence-electron chi connectivity index (χ0n) is 11.6. The van der Waals surface area contributed by atoms with Gasteiger partial charge in [-0.05, 0) is 36.8 Å². The van der Waals surface area contributed by atoms with Gasteiger partial charge in [-0.25, -0.2) is 0 Å². The third kappa shape index (κ3) is 1.95. The van der Waals surface area contributed by atoms with Crippen LogP contribution < -0.4 is 10.6 Å². The lowest BCUT2D eigenvalue weighted by atomic mass is 9.82. The van der Waals surface area contributed by atoms with Crippen molar-refractivity contribution in [2.45, 2.75) is 33.1 Å². The minimum absolute atomic E-state index is 0.423. The predicted molar refractivity (Wildman–Crippen MR) is 78.3 cm³/mol. The summed E-state index contributed by atoms with van der Waals surface area (Å²) in [6, 6.07) is 6.40. The molecular formula is C15H21N3O. The van der Waals surface area contributed by atoms with Crippen LogP contribution in [0.15, 0.2) is 22.6 Å². The fourth-order valence-corrected chi connectivity index (χ4v) is 3.02. The molecule has 2 N–H and O–H groups in total. The van der Waals surface area contributed by atoms with Crippen LogP contribution in [0.3, 0.4) is 0 Å². The van der Waals surface area contributed by atoms with Crippen molar-refractivity contribution in [3.8, 4) is 0 Å². The Bertz CT molecular complexity index is 586. The lowest BCUT2D eigenvalue weighted by Gasteiger charge is -2.25. The Labute approximate surface area is 113 Å². The number of nitrogen functional groups attached to an aromatic ring is 1. The molecule has 1 aliphatic heterocycles. The van der Waals surface area contributed by atoms with E-state index in [9.17, 15) is 0 Å². The summed E-state index contributed by atoms with van der Waals surface area (Å²) in [5, 5.41) is 0. The Morgan fingerprint density at radius 2 is 2.16 bits per heavy atom. The Kier molecular flexibility index (Phi) is 2.88. The van der Waals surface area contributed by atoms with Crippen molar-refractivity contribution >= 4 is 22.8 Å². The number of hydrogen-bond acceptors (Lipinski definition) is 4. The smallest absolute Gasteiger partial charge is 0.298 e. The topological polar surface area (TPSA) is 55.3 Å². The Morgan fingerprint density at radius 1 is 1.37 bits per heavy atom. The maximum absolute atomic E-state index is 5.93. The van der Waals surface area contributed by atoms with E-state index < -0.39 is 0 Å². The summed E-state index contributed by atoms with van der Waals surface area (Å²) in [6.07, 6.45) is 3.64. The first-order chi connectivity index (χ1) is 9.17. The second kappa shape index (κ2) is 4.44. The molecule has 3 rings (SSSR count). The molecule has 1 fully saturated rings. The summed E-state index contributed by atoms with van der Waals surface area (Å²) >= 11 is 0. The van der Waals surface area contributed by atoms with Crippen molar-refractivity contribution in [3.05, 3.63) is 18.2 Å². The van der Waals surface area contributed by atoms with E-state index in [-0.39, 0.29) is 0 Å². The van der Waals surface area contributed by atoms with Gasteiger partial charge in [-0.1, -0.05) is 19.9 Å². The van der Waals surface area contributed by atoms with Crippen molar-refractivity contribution in [3.63, 3.8) is 0 Å². The summed E-state index contributed by atoms with van der Waals surface area (Å²) < 4.78 is 5.85. The third-order valence-corrected chi connectivity index (χ3v) is 4.65. The summed E-state index contributed by atoms with van der Waals surface area (Å²) in [6.45, 7) is 6.61. The van der Waals surface area contributed by atoms with E-state index in [0.717, 1.165) is 30.2 Å². The van der Waals surface area contributed by atoms with Crippen LogP contribution in [-0.2, 0) is 0 Å². The number of fused-ring (bicyclic) bond motifs is 1. The molecule has 0 radical (unpaired) electrons. The quantitative estimate of drug-likeness (QED) is 0.858. The average Bonchev–Trinajstić information content (AvgIpc) is 3.04. The number of hydrogen-bond donors (Lipinski definition) is 1. The molecule has 1 aromatic carbocycles. The normalized spacial score (nSPS) is 18.3. The van der Waals surface area contributed by atoms with E-state index >= 15 is 0 Å². The summed E-state index contributed by atoms with van der Waals surface area (Å²) in [5.41, 5.74) is 8.60. The molecule has 1 aromatic heterocycles. The van der Waals surface area contributed by atoms with Gasteiger partial charge in [-0.2, -0.15) is 4.98 Å². The fourth-order valence-electron chi connectivity index (χ4n) is 3.02. The van der Waals surface area contributed by atoms with Crippen molar-refractivity contribution in [2.75, 3.05) is 23.7 Å². The number of aromatic nitrogens is 1. The van der Waals surface area contributed by atoms with E-state index in [1.54, 1.807) is 0 Å². The van der Waals surface area contributed by atoms with Crippen LogP contribution in [0.1, 0.15) is 33.1 Å². The second-order valence-electron chi connectivity index (χ2n) is 5.57. The van der Waals surface area contributed by atoms with Gasteiger partial charge in [0.25, 0.3) is 6.01 Å². The summed E-state index contributed by atoms with van der Waals surface area (Å²) in [4.78, 5) is 6.82. The monoisotopic (exact) mass is 259 g/mol. The van der Waals surface area contributed by atoms with E-state index in [4.69, 9.17) is 10.2 Å². The standard InChI is InChI=1S/C15H21N3O/c1-3-15(4-2)8-9-18(10-15)14-17-13-11(16)6-5-7-12(13)19-14/h5-7H,3-4,8-10,16H2,1-2H3. The highest BCUT2D eigenvalue weighted by Gasteiger charge is 2.36. The number of nitrogens with zero attached hydrogens (tertiary/aromatic N) is 2. The third-order valence-electron chi connectivity index (χ3n) is 4.65. The Hall–Kier alpha value is -1.71. The van der Waals surface area contributed by atoms with Crippen LogP contribution in [-0.4, -0.2) is 18.1 Å². The average molecular weight is 259 g/mol. The van der Waals surface area contributed by atoms with E-state index in [1.807, 2.05) is 18.2 Å². The fraction of sp³-hybridized carbons (Fsp3) is 0.533. The predicted octanol–water partition coefficient (Wildman–Crippen LogP) is 3.43. The maximum Gasteiger partial charge on any atom is 0.298 e. The first kappa shape index (κ1) is 12.3. The zero-order chi connectivity index (χ0) is 13.5. The molecule has 1 saturated heterocycles. The van der Waals surface area contributed by atoms with Gasteiger partial charge in [0, 0.05) is 13.1 Å². The van der Waals surface area contributed by atoms with Crippen LogP contribution in [0, 0.1) is 5.41 Å².